The summed E-state index contributed by atoms with van der Waals surface area (Å²) in [7, 11) is 1.64. The van der Waals surface area contributed by atoms with E-state index in [-0.39, 0.29) is 5.91 Å². The third kappa shape index (κ3) is 4.38. The van der Waals surface area contributed by atoms with E-state index in [9.17, 15) is 4.79 Å². The molecule has 0 aromatic heterocycles. The Morgan fingerprint density at radius 1 is 0.760 bits per heavy atom. The normalized spacial score (nSPS) is 10.2. The number of anilines is 3. The summed E-state index contributed by atoms with van der Waals surface area (Å²) in [6.45, 7) is 2.00. The molecule has 0 fully saturated rings. The topological polar surface area (TPSA) is 50.4 Å². The van der Waals surface area contributed by atoms with Crippen LogP contribution < -0.4 is 15.4 Å². The molecule has 0 unspecified atom stereocenters. The standard InChI is InChI=1S/C21H20N2O2/c1-15-3-5-16(6-4-15)21(24)23-19-9-7-17(8-10-19)22-18-11-13-20(25-2)14-12-18/h3-14,22H,1-2H3,(H,23,24). The predicted octanol–water partition coefficient (Wildman–Crippen LogP) is 5.00. The van der Waals surface area contributed by atoms with Crippen LogP contribution in [0.4, 0.5) is 17.1 Å². The Labute approximate surface area is 147 Å². The lowest BCUT2D eigenvalue weighted by Crippen LogP contribution is -2.11. The van der Waals surface area contributed by atoms with Crippen LogP contribution in [-0.4, -0.2) is 13.0 Å². The first-order valence-corrected chi connectivity index (χ1v) is 8.03. The molecule has 3 aromatic rings. The lowest BCUT2D eigenvalue weighted by atomic mass is 10.1. The number of hydrogen-bond donors (Lipinski definition) is 2. The number of rotatable bonds is 5. The van der Waals surface area contributed by atoms with Gasteiger partial charge in [-0.1, -0.05) is 17.7 Å². The van der Waals surface area contributed by atoms with E-state index in [1.54, 1.807) is 7.11 Å². The second kappa shape index (κ2) is 7.53. The zero-order chi connectivity index (χ0) is 17.6. The molecule has 0 spiro atoms. The van der Waals surface area contributed by atoms with Crippen molar-refractivity contribution in [2.45, 2.75) is 6.92 Å². The van der Waals surface area contributed by atoms with Gasteiger partial charge in [0.15, 0.2) is 0 Å². The molecule has 0 radical (unpaired) electrons. The van der Waals surface area contributed by atoms with Gasteiger partial charge < -0.3 is 15.4 Å². The van der Waals surface area contributed by atoms with Gasteiger partial charge in [0.25, 0.3) is 5.91 Å². The highest BCUT2D eigenvalue weighted by Crippen LogP contribution is 2.21. The first-order chi connectivity index (χ1) is 12.1. The Morgan fingerprint density at radius 3 is 1.84 bits per heavy atom. The predicted molar refractivity (Wildman–Crippen MR) is 102 cm³/mol. The summed E-state index contributed by atoms with van der Waals surface area (Å²) in [6.07, 6.45) is 0. The van der Waals surface area contributed by atoms with E-state index in [4.69, 9.17) is 4.74 Å². The molecule has 25 heavy (non-hydrogen) atoms. The number of hydrogen-bond acceptors (Lipinski definition) is 3. The van der Waals surface area contributed by atoms with Crippen molar-refractivity contribution in [1.82, 2.24) is 0 Å². The van der Waals surface area contributed by atoms with E-state index in [0.717, 1.165) is 28.4 Å². The van der Waals surface area contributed by atoms with Crippen molar-refractivity contribution in [1.29, 1.82) is 0 Å². The number of ether oxygens (including phenoxy) is 1. The van der Waals surface area contributed by atoms with Crippen LogP contribution in [0.3, 0.4) is 0 Å². The summed E-state index contributed by atoms with van der Waals surface area (Å²) < 4.78 is 5.15. The van der Waals surface area contributed by atoms with Crippen LogP contribution >= 0.6 is 0 Å². The molecule has 3 rings (SSSR count). The number of amides is 1. The zero-order valence-electron chi connectivity index (χ0n) is 14.2. The fourth-order valence-electron chi connectivity index (χ4n) is 2.39. The van der Waals surface area contributed by atoms with Gasteiger partial charge >= 0.3 is 0 Å². The third-order valence-corrected chi connectivity index (χ3v) is 3.84. The Hall–Kier alpha value is -3.27. The minimum absolute atomic E-state index is 0.115. The Balaban J connectivity index is 1.63. The molecule has 0 bridgehead atoms. The number of nitrogens with one attached hydrogen (secondary N) is 2. The Bertz CT molecular complexity index is 839. The summed E-state index contributed by atoms with van der Waals surface area (Å²) in [5, 5.41) is 6.21. The van der Waals surface area contributed by atoms with Gasteiger partial charge in [-0.15, -0.1) is 0 Å². The molecule has 4 nitrogen and oxygen atoms in total. The first kappa shape index (κ1) is 16.6. The highest BCUT2D eigenvalue weighted by molar-refractivity contribution is 6.04. The van der Waals surface area contributed by atoms with Gasteiger partial charge in [0.05, 0.1) is 7.11 Å². The smallest absolute Gasteiger partial charge is 0.255 e. The summed E-state index contributed by atoms with van der Waals surface area (Å²) in [4.78, 5) is 12.2. The molecule has 0 heterocycles. The van der Waals surface area contributed by atoms with Crippen molar-refractivity contribution in [3.8, 4) is 5.75 Å². The number of methoxy groups -OCH3 is 1. The van der Waals surface area contributed by atoms with Gasteiger partial charge in [0.2, 0.25) is 0 Å². The van der Waals surface area contributed by atoms with Crippen molar-refractivity contribution in [2.75, 3.05) is 17.7 Å². The van der Waals surface area contributed by atoms with Crippen molar-refractivity contribution >= 4 is 23.0 Å². The maximum absolute atomic E-state index is 12.2. The van der Waals surface area contributed by atoms with E-state index >= 15 is 0 Å². The maximum Gasteiger partial charge on any atom is 0.255 e. The molecule has 0 saturated heterocycles. The van der Waals surface area contributed by atoms with E-state index in [2.05, 4.69) is 10.6 Å². The fourth-order valence-corrected chi connectivity index (χ4v) is 2.39. The molecule has 1 amide bonds. The number of carbonyl (C=O) groups excluding carboxylic acids is 1. The van der Waals surface area contributed by atoms with Crippen molar-refractivity contribution in [3.05, 3.63) is 83.9 Å². The van der Waals surface area contributed by atoms with Crippen LogP contribution in [0.5, 0.6) is 5.75 Å². The lowest BCUT2D eigenvalue weighted by Gasteiger charge is -2.09. The summed E-state index contributed by atoms with van der Waals surface area (Å²) in [5.41, 5.74) is 4.44. The van der Waals surface area contributed by atoms with Crippen LogP contribution in [0.25, 0.3) is 0 Å². The van der Waals surface area contributed by atoms with E-state index < -0.39 is 0 Å². The number of carbonyl (C=O) groups is 1. The molecule has 4 heteroatoms. The molecule has 0 atom stereocenters. The largest absolute Gasteiger partial charge is 0.497 e. The van der Waals surface area contributed by atoms with Crippen molar-refractivity contribution in [3.63, 3.8) is 0 Å². The van der Waals surface area contributed by atoms with Gasteiger partial charge in [-0.05, 0) is 67.6 Å². The highest BCUT2D eigenvalue weighted by Gasteiger charge is 2.05. The van der Waals surface area contributed by atoms with Gasteiger partial charge in [0.1, 0.15) is 5.75 Å². The molecule has 3 aromatic carbocycles. The molecular weight excluding hydrogens is 312 g/mol. The first-order valence-electron chi connectivity index (χ1n) is 8.03. The van der Waals surface area contributed by atoms with E-state index in [0.29, 0.717) is 5.56 Å². The molecule has 2 N–H and O–H groups in total. The number of aryl methyl sites for hydroxylation is 1. The monoisotopic (exact) mass is 332 g/mol. The Kier molecular flexibility index (Phi) is 5.00. The number of benzene rings is 3. The molecular formula is C21H20N2O2. The maximum atomic E-state index is 12.2. The summed E-state index contributed by atoms with van der Waals surface area (Å²) >= 11 is 0. The van der Waals surface area contributed by atoms with Gasteiger partial charge in [-0.3, -0.25) is 4.79 Å². The zero-order valence-corrected chi connectivity index (χ0v) is 14.2. The average molecular weight is 332 g/mol. The van der Waals surface area contributed by atoms with Crippen LogP contribution in [0.15, 0.2) is 72.8 Å². The van der Waals surface area contributed by atoms with E-state index in [1.165, 1.54) is 0 Å². The quantitative estimate of drug-likeness (QED) is 0.691. The molecule has 0 saturated carbocycles. The summed E-state index contributed by atoms with van der Waals surface area (Å²) in [5.74, 6) is 0.704. The molecule has 126 valence electrons. The van der Waals surface area contributed by atoms with Gasteiger partial charge in [-0.25, -0.2) is 0 Å². The van der Waals surface area contributed by atoms with Crippen molar-refractivity contribution in [2.24, 2.45) is 0 Å². The van der Waals surface area contributed by atoms with Crippen LogP contribution in [0.1, 0.15) is 15.9 Å². The van der Waals surface area contributed by atoms with E-state index in [1.807, 2.05) is 79.7 Å². The van der Waals surface area contributed by atoms with Gasteiger partial charge in [-0.2, -0.15) is 0 Å². The minimum atomic E-state index is -0.115. The second-order valence-electron chi connectivity index (χ2n) is 5.75. The molecule has 0 aliphatic rings. The Morgan fingerprint density at radius 2 is 1.28 bits per heavy atom. The molecule has 0 aliphatic carbocycles. The summed E-state index contributed by atoms with van der Waals surface area (Å²) in [6, 6.07) is 22.8. The third-order valence-electron chi connectivity index (χ3n) is 3.84. The van der Waals surface area contributed by atoms with Gasteiger partial charge in [0, 0.05) is 22.6 Å². The van der Waals surface area contributed by atoms with Crippen molar-refractivity contribution < 1.29 is 9.53 Å². The lowest BCUT2D eigenvalue weighted by molar-refractivity contribution is 0.102. The van der Waals surface area contributed by atoms with Crippen LogP contribution in [0.2, 0.25) is 0 Å². The molecule has 0 aliphatic heterocycles. The van der Waals surface area contributed by atoms with Crippen LogP contribution in [-0.2, 0) is 0 Å². The fraction of sp³-hybridized carbons (Fsp3) is 0.0952. The minimum Gasteiger partial charge on any atom is -0.497 e. The highest BCUT2D eigenvalue weighted by atomic mass is 16.5. The SMILES string of the molecule is COc1ccc(Nc2ccc(NC(=O)c3ccc(C)cc3)cc2)cc1. The second-order valence-corrected chi connectivity index (χ2v) is 5.75. The average Bonchev–Trinajstić information content (AvgIpc) is 2.64. The van der Waals surface area contributed by atoms with Crippen LogP contribution in [0, 0.1) is 6.92 Å².